The number of carboxylic acids is 1. The predicted octanol–water partition coefficient (Wildman–Crippen LogP) is -2.62. The summed E-state index contributed by atoms with van der Waals surface area (Å²) in [6.45, 7) is 2.76. The Morgan fingerprint density at radius 3 is 2.07 bits per heavy atom. The summed E-state index contributed by atoms with van der Waals surface area (Å²) in [7, 11) is 0. The first-order valence-electron chi connectivity index (χ1n) is 4.50. The summed E-state index contributed by atoms with van der Waals surface area (Å²) in [5, 5.41) is 17.1. The number of aliphatic hydroxyl groups excluding tert-OH is 1. The van der Waals surface area contributed by atoms with Crippen LogP contribution in [0, 0.1) is 0 Å². The van der Waals surface area contributed by atoms with Crippen molar-refractivity contribution in [2.24, 2.45) is 0 Å². The van der Waals surface area contributed by atoms with Crippen LogP contribution < -0.4 is 0 Å². The van der Waals surface area contributed by atoms with Crippen LogP contribution in [-0.4, -0.2) is 76.7 Å². The van der Waals surface area contributed by atoms with Crippen molar-refractivity contribution in [1.29, 1.82) is 0 Å². The van der Waals surface area contributed by atoms with Gasteiger partial charge in [0.1, 0.15) is 0 Å². The lowest BCUT2D eigenvalue weighted by Crippen LogP contribution is -2.51. The Morgan fingerprint density at radius 1 is 1.13 bits per heavy atom. The van der Waals surface area contributed by atoms with Gasteiger partial charge >= 0.3 is 11.9 Å². The first-order chi connectivity index (χ1) is 6.65. The van der Waals surface area contributed by atoms with E-state index in [-0.39, 0.29) is 12.1 Å². The Balaban J connectivity index is 0.00000196. The van der Waals surface area contributed by atoms with Gasteiger partial charge in [-0.25, -0.2) is 4.79 Å². The van der Waals surface area contributed by atoms with Gasteiger partial charge < -0.3 is 20.6 Å². The molecule has 1 amide bonds. The molecule has 15 heavy (non-hydrogen) atoms. The Hall–Kier alpha value is -1.18. The molecule has 7 nitrogen and oxygen atoms in total. The van der Waals surface area contributed by atoms with E-state index in [1.54, 1.807) is 0 Å². The fourth-order valence-corrected chi connectivity index (χ4v) is 1.45. The van der Waals surface area contributed by atoms with Crippen LogP contribution in [0.25, 0.3) is 0 Å². The maximum Gasteiger partial charge on any atom is 0.394 e. The summed E-state index contributed by atoms with van der Waals surface area (Å²) >= 11 is 0. The number of rotatable bonds is 2. The molecule has 1 heterocycles. The summed E-state index contributed by atoms with van der Waals surface area (Å²) in [5.74, 6) is -2.24. The van der Waals surface area contributed by atoms with Crippen molar-refractivity contribution < 1.29 is 25.3 Å². The minimum Gasteiger partial charge on any atom is -0.474 e. The summed E-state index contributed by atoms with van der Waals surface area (Å²) < 4.78 is 0. The molecule has 0 atom stereocenters. The molecule has 1 aliphatic rings. The maximum absolute atomic E-state index is 11.0. The highest BCUT2D eigenvalue weighted by Crippen LogP contribution is 2.01. The van der Waals surface area contributed by atoms with E-state index in [0.717, 1.165) is 0 Å². The van der Waals surface area contributed by atoms with Crippen LogP contribution in [0.15, 0.2) is 0 Å². The molecular weight excluding hydrogens is 204 g/mol. The number of aliphatic hydroxyl groups is 1. The first-order valence-corrected chi connectivity index (χ1v) is 4.50. The zero-order valence-electron chi connectivity index (χ0n) is 8.35. The average Bonchev–Trinajstić information content (AvgIpc) is 2.18. The van der Waals surface area contributed by atoms with Gasteiger partial charge in [0.05, 0.1) is 6.61 Å². The minimum absolute atomic E-state index is 0. The molecule has 1 aliphatic heterocycles. The number of piperazine rings is 1. The van der Waals surface area contributed by atoms with Gasteiger partial charge in [0.25, 0.3) is 0 Å². The lowest BCUT2D eigenvalue weighted by molar-refractivity contribution is -0.156. The number of carbonyl (C=O) groups is 2. The normalized spacial score (nSPS) is 17.0. The third-order valence-electron chi connectivity index (χ3n) is 2.26. The molecule has 0 radical (unpaired) electrons. The Bertz CT molecular complexity index is 225. The summed E-state index contributed by atoms with van der Waals surface area (Å²) in [6.07, 6.45) is 0. The number of amides is 1. The standard InChI is InChI=1S/C8H14N2O4.H2O/c11-6-5-9-1-3-10(4-2-9)7(12)8(13)14;/h11H,1-6H2,(H,13,14);1H2. The van der Waals surface area contributed by atoms with E-state index in [1.165, 1.54) is 4.90 Å². The SMILES string of the molecule is O.O=C(O)C(=O)N1CCN(CCO)CC1. The van der Waals surface area contributed by atoms with E-state index in [0.29, 0.717) is 32.7 Å². The molecule has 4 N–H and O–H groups in total. The molecule has 0 saturated carbocycles. The highest BCUT2D eigenvalue weighted by atomic mass is 16.4. The van der Waals surface area contributed by atoms with E-state index in [9.17, 15) is 9.59 Å². The minimum atomic E-state index is -1.40. The third-order valence-corrected chi connectivity index (χ3v) is 2.26. The topological polar surface area (TPSA) is 113 Å². The van der Waals surface area contributed by atoms with Gasteiger partial charge in [0.2, 0.25) is 0 Å². The largest absolute Gasteiger partial charge is 0.474 e. The molecule has 1 saturated heterocycles. The van der Waals surface area contributed by atoms with Crippen molar-refractivity contribution in [3.05, 3.63) is 0 Å². The number of carbonyl (C=O) groups excluding carboxylic acids is 1. The molecule has 88 valence electrons. The van der Waals surface area contributed by atoms with E-state index < -0.39 is 11.9 Å². The quantitative estimate of drug-likeness (QED) is 0.495. The van der Waals surface area contributed by atoms with E-state index in [2.05, 4.69) is 0 Å². The molecule has 0 aromatic heterocycles. The number of β-amino-alcohol motifs (C(OH)–C–C–N with tert-alkyl or cyclic N) is 1. The van der Waals surface area contributed by atoms with Gasteiger partial charge in [-0.05, 0) is 0 Å². The Morgan fingerprint density at radius 2 is 1.67 bits per heavy atom. The number of carboxylic acid groups (broad SMARTS) is 1. The van der Waals surface area contributed by atoms with Crippen LogP contribution in [0.5, 0.6) is 0 Å². The van der Waals surface area contributed by atoms with Crippen LogP contribution in [0.2, 0.25) is 0 Å². The third kappa shape index (κ3) is 3.82. The van der Waals surface area contributed by atoms with Crippen molar-refractivity contribution in [3.8, 4) is 0 Å². The second kappa shape index (κ2) is 6.33. The van der Waals surface area contributed by atoms with Crippen LogP contribution >= 0.6 is 0 Å². The van der Waals surface area contributed by atoms with Crippen molar-refractivity contribution in [2.75, 3.05) is 39.3 Å². The summed E-state index contributed by atoms with van der Waals surface area (Å²) in [4.78, 5) is 24.7. The second-order valence-corrected chi connectivity index (χ2v) is 3.16. The molecule has 1 rings (SSSR count). The number of nitrogens with zero attached hydrogens (tertiary/aromatic N) is 2. The average molecular weight is 220 g/mol. The Kier molecular flexibility index (Phi) is 5.83. The molecule has 1 fully saturated rings. The lowest BCUT2D eigenvalue weighted by Gasteiger charge is -2.33. The molecule has 0 bridgehead atoms. The zero-order valence-corrected chi connectivity index (χ0v) is 8.35. The van der Waals surface area contributed by atoms with Crippen LogP contribution in [0.1, 0.15) is 0 Å². The van der Waals surface area contributed by atoms with Crippen LogP contribution in [0.3, 0.4) is 0 Å². The summed E-state index contributed by atoms with van der Waals surface area (Å²) in [5.41, 5.74) is 0. The second-order valence-electron chi connectivity index (χ2n) is 3.16. The fourth-order valence-electron chi connectivity index (χ4n) is 1.45. The zero-order chi connectivity index (χ0) is 10.6. The van der Waals surface area contributed by atoms with Gasteiger partial charge in [0.15, 0.2) is 0 Å². The summed E-state index contributed by atoms with van der Waals surface area (Å²) in [6, 6.07) is 0. The molecule has 0 aromatic carbocycles. The van der Waals surface area contributed by atoms with Crippen molar-refractivity contribution in [3.63, 3.8) is 0 Å². The molecule has 0 aromatic rings. The van der Waals surface area contributed by atoms with Gasteiger partial charge in [-0.3, -0.25) is 9.69 Å². The van der Waals surface area contributed by atoms with Crippen LogP contribution in [-0.2, 0) is 9.59 Å². The highest BCUT2D eigenvalue weighted by Gasteiger charge is 2.24. The van der Waals surface area contributed by atoms with E-state index in [4.69, 9.17) is 10.2 Å². The van der Waals surface area contributed by atoms with E-state index in [1.807, 2.05) is 4.90 Å². The van der Waals surface area contributed by atoms with Gasteiger partial charge in [0, 0.05) is 32.7 Å². The number of aliphatic carboxylic acids is 1. The van der Waals surface area contributed by atoms with Crippen molar-refractivity contribution in [2.45, 2.75) is 0 Å². The lowest BCUT2D eigenvalue weighted by atomic mass is 10.3. The molecule has 0 spiro atoms. The number of hydrogen-bond donors (Lipinski definition) is 2. The maximum atomic E-state index is 11.0. The molecule has 0 unspecified atom stereocenters. The van der Waals surface area contributed by atoms with Crippen molar-refractivity contribution >= 4 is 11.9 Å². The van der Waals surface area contributed by atoms with Gasteiger partial charge in [-0.1, -0.05) is 0 Å². The van der Waals surface area contributed by atoms with Crippen molar-refractivity contribution in [1.82, 2.24) is 9.80 Å². The number of hydrogen-bond acceptors (Lipinski definition) is 4. The highest BCUT2D eigenvalue weighted by molar-refractivity contribution is 6.31. The molecule has 0 aliphatic carbocycles. The molecule has 7 heteroatoms. The van der Waals surface area contributed by atoms with Gasteiger partial charge in [-0.2, -0.15) is 0 Å². The monoisotopic (exact) mass is 220 g/mol. The van der Waals surface area contributed by atoms with E-state index >= 15 is 0 Å². The first kappa shape index (κ1) is 13.8. The smallest absolute Gasteiger partial charge is 0.394 e. The van der Waals surface area contributed by atoms with Crippen LogP contribution in [0.4, 0.5) is 0 Å². The molecular formula is C8H16N2O5. The predicted molar refractivity (Wildman–Crippen MR) is 51.4 cm³/mol. The Labute approximate surface area is 87.2 Å². The fraction of sp³-hybridized carbons (Fsp3) is 0.750. The van der Waals surface area contributed by atoms with Gasteiger partial charge in [-0.15, -0.1) is 0 Å².